The lowest BCUT2D eigenvalue weighted by Gasteiger charge is -2.26. The van der Waals surface area contributed by atoms with Crippen molar-refractivity contribution in [1.29, 1.82) is 5.26 Å². The number of hydrogen-bond acceptors (Lipinski definition) is 5. The van der Waals surface area contributed by atoms with Gasteiger partial charge in [0.1, 0.15) is 5.54 Å². The van der Waals surface area contributed by atoms with Gasteiger partial charge in [-0.2, -0.15) is 5.26 Å². The maximum atomic E-state index is 11.0. The summed E-state index contributed by atoms with van der Waals surface area (Å²) in [5.41, 5.74) is -0.823. The van der Waals surface area contributed by atoms with Crippen molar-refractivity contribution in [3.8, 4) is 11.8 Å². The standard InChI is InChI=1S/C14H18BrN3O3/c1-4-17-14(3,9-16)8-10(2)21-13-6-5-11(15)7-12(13)18(19)20/h5-7,10,17H,4,8H2,1-3H3. The molecular formula is C14H18BrN3O3. The van der Waals surface area contributed by atoms with Gasteiger partial charge >= 0.3 is 5.69 Å². The van der Waals surface area contributed by atoms with Crippen LogP contribution in [0.4, 0.5) is 5.69 Å². The summed E-state index contributed by atoms with van der Waals surface area (Å²) in [5.74, 6) is 0.201. The maximum absolute atomic E-state index is 11.0. The van der Waals surface area contributed by atoms with Crippen LogP contribution in [0.5, 0.6) is 5.75 Å². The highest BCUT2D eigenvalue weighted by atomic mass is 79.9. The molecule has 1 aromatic rings. The Kier molecular flexibility index (Phi) is 6.12. The Hall–Kier alpha value is -1.65. The fraction of sp³-hybridized carbons (Fsp3) is 0.500. The molecule has 0 fully saturated rings. The lowest BCUT2D eigenvalue weighted by Crippen LogP contribution is -2.44. The quantitative estimate of drug-likeness (QED) is 0.597. The van der Waals surface area contributed by atoms with Crippen LogP contribution in [0.1, 0.15) is 27.2 Å². The first-order chi connectivity index (χ1) is 9.81. The van der Waals surface area contributed by atoms with Gasteiger partial charge in [-0.3, -0.25) is 15.4 Å². The molecule has 1 rings (SSSR count). The van der Waals surface area contributed by atoms with E-state index in [0.29, 0.717) is 17.4 Å². The monoisotopic (exact) mass is 355 g/mol. The van der Waals surface area contributed by atoms with Gasteiger partial charge < -0.3 is 4.74 Å². The van der Waals surface area contributed by atoms with Gasteiger partial charge in [0.05, 0.1) is 17.1 Å². The number of nitrogens with zero attached hydrogens (tertiary/aromatic N) is 2. The number of nitrogens with one attached hydrogen (secondary N) is 1. The van der Waals surface area contributed by atoms with E-state index in [1.807, 2.05) is 6.92 Å². The first-order valence-corrected chi connectivity index (χ1v) is 7.37. The highest BCUT2D eigenvalue weighted by Gasteiger charge is 2.27. The molecule has 0 aliphatic carbocycles. The number of nitriles is 1. The van der Waals surface area contributed by atoms with Crippen molar-refractivity contribution in [2.24, 2.45) is 0 Å². The summed E-state index contributed by atoms with van der Waals surface area (Å²) < 4.78 is 6.27. The second-order valence-electron chi connectivity index (χ2n) is 4.98. The van der Waals surface area contributed by atoms with E-state index in [0.717, 1.165) is 0 Å². The molecule has 1 aromatic carbocycles. The molecule has 0 saturated heterocycles. The molecular weight excluding hydrogens is 338 g/mol. The second-order valence-corrected chi connectivity index (χ2v) is 5.89. The average Bonchev–Trinajstić information content (AvgIpc) is 2.40. The Morgan fingerprint density at radius 2 is 2.29 bits per heavy atom. The third kappa shape index (κ3) is 4.99. The van der Waals surface area contributed by atoms with Gasteiger partial charge in [-0.05, 0) is 32.5 Å². The van der Waals surface area contributed by atoms with E-state index in [1.165, 1.54) is 6.07 Å². The van der Waals surface area contributed by atoms with Crippen molar-refractivity contribution < 1.29 is 9.66 Å². The number of rotatable bonds is 7. The minimum atomic E-state index is -0.724. The molecule has 21 heavy (non-hydrogen) atoms. The predicted octanol–water partition coefficient (Wildman–Crippen LogP) is 3.41. The van der Waals surface area contributed by atoms with Crippen molar-refractivity contribution in [3.63, 3.8) is 0 Å². The third-order valence-corrected chi connectivity index (χ3v) is 3.45. The van der Waals surface area contributed by atoms with Crippen LogP contribution < -0.4 is 10.1 Å². The van der Waals surface area contributed by atoms with Crippen LogP contribution in [-0.4, -0.2) is 23.1 Å². The highest BCUT2D eigenvalue weighted by molar-refractivity contribution is 9.10. The van der Waals surface area contributed by atoms with Crippen molar-refractivity contribution >= 4 is 21.6 Å². The lowest BCUT2D eigenvalue weighted by molar-refractivity contribution is -0.386. The van der Waals surface area contributed by atoms with E-state index in [1.54, 1.807) is 26.0 Å². The van der Waals surface area contributed by atoms with Crippen LogP contribution in [0.2, 0.25) is 0 Å². The predicted molar refractivity (Wildman–Crippen MR) is 83.2 cm³/mol. The summed E-state index contributed by atoms with van der Waals surface area (Å²) >= 11 is 3.20. The van der Waals surface area contributed by atoms with Gasteiger partial charge in [0, 0.05) is 17.0 Å². The van der Waals surface area contributed by atoms with Crippen LogP contribution in [0, 0.1) is 21.4 Å². The van der Waals surface area contributed by atoms with Gasteiger partial charge in [-0.25, -0.2) is 0 Å². The zero-order valence-corrected chi connectivity index (χ0v) is 13.8. The molecule has 0 amide bonds. The second kappa shape index (κ2) is 7.38. The van der Waals surface area contributed by atoms with E-state index < -0.39 is 10.5 Å². The van der Waals surface area contributed by atoms with Gasteiger partial charge in [0.2, 0.25) is 0 Å². The van der Waals surface area contributed by atoms with E-state index in [4.69, 9.17) is 4.74 Å². The van der Waals surface area contributed by atoms with Crippen LogP contribution >= 0.6 is 15.9 Å². The number of nitro benzene ring substituents is 1. The summed E-state index contributed by atoms with van der Waals surface area (Å²) in [5, 5.41) is 23.4. The largest absolute Gasteiger partial charge is 0.484 e. The molecule has 114 valence electrons. The Balaban J connectivity index is 2.87. The molecule has 0 aromatic heterocycles. The number of halogens is 1. The van der Waals surface area contributed by atoms with Crippen molar-refractivity contribution in [2.45, 2.75) is 38.8 Å². The molecule has 7 heteroatoms. The fourth-order valence-corrected chi connectivity index (χ4v) is 2.46. The summed E-state index contributed by atoms with van der Waals surface area (Å²) in [6.07, 6.45) is 0.0819. The van der Waals surface area contributed by atoms with Gasteiger partial charge in [-0.1, -0.05) is 22.9 Å². The molecule has 0 saturated carbocycles. The Morgan fingerprint density at radius 3 is 2.81 bits per heavy atom. The third-order valence-electron chi connectivity index (χ3n) is 2.96. The van der Waals surface area contributed by atoms with Crippen LogP contribution in [0.25, 0.3) is 0 Å². The number of nitro groups is 1. The number of ether oxygens (including phenoxy) is 1. The smallest absolute Gasteiger partial charge is 0.312 e. The van der Waals surface area contributed by atoms with Crippen molar-refractivity contribution in [3.05, 3.63) is 32.8 Å². The fourth-order valence-electron chi connectivity index (χ4n) is 2.11. The minimum Gasteiger partial charge on any atom is -0.484 e. The SMILES string of the molecule is CCNC(C)(C#N)CC(C)Oc1ccc(Br)cc1[N+](=O)[O-]. The minimum absolute atomic E-state index is 0.0988. The summed E-state index contributed by atoms with van der Waals surface area (Å²) in [6, 6.07) is 6.84. The molecule has 0 aliphatic heterocycles. The molecule has 6 nitrogen and oxygen atoms in total. The number of benzene rings is 1. The zero-order valence-electron chi connectivity index (χ0n) is 12.2. The lowest BCUT2D eigenvalue weighted by atomic mass is 9.96. The Bertz CT molecular complexity index is 559. The van der Waals surface area contributed by atoms with Gasteiger partial charge in [0.25, 0.3) is 0 Å². The van der Waals surface area contributed by atoms with Gasteiger partial charge in [0.15, 0.2) is 5.75 Å². The molecule has 0 spiro atoms. The Labute approximate surface area is 132 Å². The maximum Gasteiger partial charge on any atom is 0.312 e. The highest BCUT2D eigenvalue weighted by Crippen LogP contribution is 2.31. The van der Waals surface area contributed by atoms with Crippen LogP contribution in [0.3, 0.4) is 0 Å². The summed E-state index contributed by atoms with van der Waals surface area (Å²) in [4.78, 5) is 10.6. The zero-order chi connectivity index (χ0) is 16.0. The normalized spacial score (nSPS) is 14.8. The topological polar surface area (TPSA) is 88.2 Å². The molecule has 2 atom stereocenters. The molecule has 0 bridgehead atoms. The Morgan fingerprint density at radius 1 is 1.62 bits per heavy atom. The summed E-state index contributed by atoms with van der Waals surface area (Å²) in [7, 11) is 0. The van der Waals surface area contributed by atoms with Crippen LogP contribution in [0.15, 0.2) is 22.7 Å². The number of hydrogen-bond donors (Lipinski definition) is 1. The molecule has 2 unspecified atom stereocenters. The van der Waals surface area contributed by atoms with E-state index in [2.05, 4.69) is 27.3 Å². The van der Waals surface area contributed by atoms with Gasteiger partial charge in [-0.15, -0.1) is 0 Å². The van der Waals surface area contributed by atoms with Crippen LogP contribution in [-0.2, 0) is 0 Å². The molecule has 0 heterocycles. The van der Waals surface area contributed by atoms with E-state index in [-0.39, 0.29) is 17.5 Å². The van der Waals surface area contributed by atoms with Crippen molar-refractivity contribution in [1.82, 2.24) is 5.32 Å². The first kappa shape index (κ1) is 17.4. The molecule has 1 N–H and O–H groups in total. The average molecular weight is 356 g/mol. The molecule has 0 aliphatic rings. The first-order valence-electron chi connectivity index (χ1n) is 6.58. The van der Waals surface area contributed by atoms with Crippen molar-refractivity contribution in [2.75, 3.05) is 6.54 Å². The van der Waals surface area contributed by atoms with E-state index in [9.17, 15) is 15.4 Å². The summed E-state index contributed by atoms with van der Waals surface area (Å²) in [6.45, 7) is 6.15. The molecule has 0 radical (unpaired) electrons. The van der Waals surface area contributed by atoms with E-state index >= 15 is 0 Å².